The van der Waals surface area contributed by atoms with Crippen molar-refractivity contribution >= 4 is 29.5 Å². The Balaban J connectivity index is 2.52. The lowest BCUT2D eigenvalue weighted by molar-refractivity contribution is -0.132. The normalized spacial score (nSPS) is 20.3. The number of carbonyl (C=O) groups is 3. The number of hydrogen-bond donors (Lipinski definition) is 3. The van der Waals surface area contributed by atoms with Gasteiger partial charge in [-0.25, -0.2) is 0 Å². The minimum Gasteiger partial charge on any atom is -0.353 e. The first kappa shape index (κ1) is 21.5. The van der Waals surface area contributed by atoms with Gasteiger partial charge in [-0.3, -0.25) is 19.7 Å². The Hall–Kier alpha value is -1.54. The van der Waals surface area contributed by atoms with Crippen LogP contribution in [-0.2, 0) is 14.4 Å². The van der Waals surface area contributed by atoms with Crippen molar-refractivity contribution in [3.8, 4) is 0 Å². The van der Waals surface area contributed by atoms with E-state index in [-0.39, 0.29) is 59.9 Å². The van der Waals surface area contributed by atoms with E-state index in [1.54, 1.807) is 6.08 Å². The van der Waals surface area contributed by atoms with Gasteiger partial charge in [-0.05, 0) is 27.7 Å². The molecule has 0 saturated carbocycles. The van der Waals surface area contributed by atoms with Crippen LogP contribution in [0.3, 0.4) is 0 Å². The predicted molar refractivity (Wildman–Crippen MR) is 101 cm³/mol. The van der Waals surface area contributed by atoms with E-state index in [1.165, 1.54) is 11.8 Å². The summed E-state index contributed by atoms with van der Waals surface area (Å²) in [5, 5.41) is 8.73. The quantitative estimate of drug-likeness (QED) is 0.523. The molecule has 3 amide bonds. The molecule has 0 spiro atoms. The minimum absolute atomic E-state index is 0.0388. The molecule has 1 aliphatic heterocycles. The average molecular weight is 371 g/mol. The van der Waals surface area contributed by atoms with Gasteiger partial charge < -0.3 is 15.5 Å². The van der Waals surface area contributed by atoms with Gasteiger partial charge in [0.1, 0.15) is 5.50 Å². The molecule has 0 radical (unpaired) electrons. The summed E-state index contributed by atoms with van der Waals surface area (Å²) in [6.07, 6.45) is 2.07. The van der Waals surface area contributed by atoms with Crippen LogP contribution in [0.2, 0.25) is 0 Å². The Labute approximate surface area is 154 Å². The zero-order valence-corrected chi connectivity index (χ0v) is 16.3. The molecule has 0 aromatic rings. The molecule has 7 nitrogen and oxygen atoms in total. The number of nitrogens with one attached hydrogen (secondary N) is 3. The molecule has 25 heavy (non-hydrogen) atoms. The molecule has 3 N–H and O–H groups in total. The number of nitrogens with zero attached hydrogens (tertiary/aromatic N) is 1. The molecule has 1 aliphatic rings. The Kier molecular flexibility index (Phi) is 8.99. The molecule has 142 valence electrons. The lowest BCUT2D eigenvalue weighted by Crippen LogP contribution is -2.56. The van der Waals surface area contributed by atoms with Gasteiger partial charge in [0.15, 0.2) is 0 Å². The van der Waals surface area contributed by atoms with Crippen LogP contribution in [0.5, 0.6) is 0 Å². The summed E-state index contributed by atoms with van der Waals surface area (Å²) >= 11 is 1.34. The highest BCUT2D eigenvalue weighted by Gasteiger charge is 2.29. The first-order valence-electron chi connectivity index (χ1n) is 8.60. The summed E-state index contributed by atoms with van der Waals surface area (Å²) in [5.41, 5.74) is -0.372. The van der Waals surface area contributed by atoms with Crippen LogP contribution in [0.1, 0.15) is 40.5 Å². The van der Waals surface area contributed by atoms with Gasteiger partial charge >= 0.3 is 0 Å². The smallest absolute Gasteiger partial charge is 0.233 e. The van der Waals surface area contributed by atoms with E-state index in [0.29, 0.717) is 6.54 Å². The van der Waals surface area contributed by atoms with Gasteiger partial charge in [0.05, 0.1) is 5.75 Å². The number of carbonyl (C=O) groups excluding carboxylic acids is 3. The van der Waals surface area contributed by atoms with E-state index in [1.807, 2.05) is 32.6 Å². The summed E-state index contributed by atoms with van der Waals surface area (Å²) in [6.45, 7) is 11.9. The molecule has 1 rings (SSSR count). The molecule has 1 fully saturated rings. The monoisotopic (exact) mass is 370 g/mol. The number of hydrogen-bond acceptors (Lipinski definition) is 5. The van der Waals surface area contributed by atoms with Crippen molar-refractivity contribution in [2.75, 3.05) is 12.3 Å². The third kappa shape index (κ3) is 7.48. The van der Waals surface area contributed by atoms with Crippen LogP contribution in [0.15, 0.2) is 12.7 Å². The highest BCUT2D eigenvalue weighted by molar-refractivity contribution is 8.00. The van der Waals surface area contributed by atoms with Gasteiger partial charge in [0.25, 0.3) is 0 Å². The molecule has 0 bridgehead atoms. The van der Waals surface area contributed by atoms with Crippen LogP contribution < -0.4 is 16.0 Å². The molecule has 2 atom stereocenters. The van der Waals surface area contributed by atoms with Gasteiger partial charge in [-0.2, -0.15) is 0 Å². The molecule has 0 aromatic carbocycles. The van der Waals surface area contributed by atoms with Crippen LogP contribution in [0.4, 0.5) is 0 Å². The van der Waals surface area contributed by atoms with E-state index >= 15 is 0 Å². The van der Waals surface area contributed by atoms with Crippen molar-refractivity contribution in [1.29, 1.82) is 0 Å². The van der Waals surface area contributed by atoms with E-state index in [2.05, 4.69) is 22.5 Å². The molecule has 1 heterocycles. The van der Waals surface area contributed by atoms with E-state index in [9.17, 15) is 14.4 Å². The Morgan fingerprint density at radius 3 is 2.56 bits per heavy atom. The van der Waals surface area contributed by atoms with E-state index < -0.39 is 0 Å². The van der Waals surface area contributed by atoms with Crippen LogP contribution in [0, 0.1) is 0 Å². The van der Waals surface area contributed by atoms with Gasteiger partial charge in [-0.15, -0.1) is 18.3 Å². The van der Waals surface area contributed by atoms with Crippen molar-refractivity contribution in [3.05, 3.63) is 12.7 Å². The van der Waals surface area contributed by atoms with Crippen LogP contribution >= 0.6 is 11.8 Å². The zero-order valence-electron chi connectivity index (χ0n) is 15.5. The first-order chi connectivity index (χ1) is 11.7. The fourth-order valence-electron chi connectivity index (χ4n) is 2.85. The zero-order chi connectivity index (χ0) is 19.0. The predicted octanol–water partition coefficient (Wildman–Crippen LogP) is 0.819. The fourth-order valence-corrected chi connectivity index (χ4v) is 3.81. The summed E-state index contributed by atoms with van der Waals surface area (Å²) in [6, 6.07) is 0.0177. The Morgan fingerprint density at radius 1 is 1.36 bits per heavy atom. The largest absolute Gasteiger partial charge is 0.353 e. The second kappa shape index (κ2) is 10.5. The second-order valence-electron chi connectivity index (χ2n) is 6.61. The fraction of sp³-hybridized carbons (Fsp3) is 0.706. The average Bonchev–Trinajstić information content (AvgIpc) is 2.49. The molecule has 0 aliphatic carbocycles. The van der Waals surface area contributed by atoms with Crippen LogP contribution in [0.25, 0.3) is 0 Å². The molecule has 1 saturated heterocycles. The topological polar surface area (TPSA) is 90.5 Å². The first-order valence-corrected chi connectivity index (χ1v) is 9.65. The molecule has 0 aromatic heterocycles. The van der Waals surface area contributed by atoms with Crippen molar-refractivity contribution in [1.82, 2.24) is 20.9 Å². The molecular weight excluding hydrogens is 340 g/mol. The maximum Gasteiger partial charge on any atom is 0.233 e. The number of amides is 3. The maximum absolute atomic E-state index is 12.4. The van der Waals surface area contributed by atoms with Gasteiger partial charge in [0.2, 0.25) is 17.7 Å². The maximum atomic E-state index is 12.4. The van der Waals surface area contributed by atoms with Gasteiger partial charge in [-0.1, -0.05) is 6.08 Å². The van der Waals surface area contributed by atoms with Gasteiger partial charge in [0, 0.05) is 37.5 Å². The molecule has 8 heteroatoms. The van der Waals surface area contributed by atoms with Crippen molar-refractivity contribution in [2.45, 2.75) is 64.2 Å². The van der Waals surface area contributed by atoms with E-state index in [0.717, 1.165) is 0 Å². The van der Waals surface area contributed by atoms with Crippen molar-refractivity contribution < 1.29 is 14.4 Å². The minimum atomic E-state index is -0.372. The van der Waals surface area contributed by atoms with Crippen LogP contribution in [-0.4, -0.2) is 58.5 Å². The van der Waals surface area contributed by atoms with E-state index in [4.69, 9.17) is 0 Å². The summed E-state index contributed by atoms with van der Waals surface area (Å²) in [5.74, 6) is 0.0633. The standard InChI is InChI=1S/C17H30N4O3S/c1-6-7-18-14(22)8-13-9-15(23)20-17(19-13)25-10-16(24)21(11(2)3)12(4)5/h6,11-13,17,19H,1,7-10H2,2-5H3,(H,18,22)(H,20,23). The highest BCUT2D eigenvalue weighted by atomic mass is 32.2. The molecule has 2 unspecified atom stereocenters. The number of rotatable bonds is 9. The van der Waals surface area contributed by atoms with Crippen molar-refractivity contribution in [3.63, 3.8) is 0 Å². The number of thioether (sulfide) groups is 1. The lowest BCUT2D eigenvalue weighted by Gasteiger charge is -2.33. The summed E-state index contributed by atoms with van der Waals surface area (Å²) in [7, 11) is 0. The van der Waals surface area contributed by atoms with Crippen molar-refractivity contribution in [2.24, 2.45) is 0 Å². The summed E-state index contributed by atoms with van der Waals surface area (Å²) in [4.78, 5) is 37.9. The summed E-state index contributed by atoms with van der Waals surface area (Å²) < 4.78 is 0. The third-order valence-electron chi connectivity index (χ3n) is 3.76. The molecular formula is C17H30N4O3S. The SMILES string of the molecule is C=CCNC(=O)CC1CC(=O)NC(SCC(=O)N(C(C)C)C(C)C)N1. The Morgan fingerprint density at radius 2 is 2.00 bits per heavy atom. The highest BCUT2D eigenvalue weighted by Crippen LogP contribution is 2.16. The third-order valence-corrected chi connectivity index (χ3v) is 4.76. The second-order valence-corrected chi connectivity index (χ2v) is 7.71. The Bertz CT molecular complexity index is 488. The lowest BCUT2D eigenvalue weighted by atomic mass is 10.1.